The zero-order chi connectivity index (χ0) is 48.2. The third kappa shape index (κ3) is 12.3. The van der Waals surface area contributed by atoms with Crippen molar-refractivity contribution < 1.29 is 61.2 Å². The van der Waals surface area contributed by atoms with E-state index in [4.69, 9.17) is 21.1 Å². The van der Waals surface area contributed by atoms with Gasteiger partial charge in [0.15, 0.2) is 5.71 Å². The van der Waals surface area contributed by atoms with E-state index in [1.165, 1.54) is 12.1 Å². The van der Waals surface area contributed by atoms with Crippen LogP contribution in [0, 0.1) is 0 Å². The number of rotatable bonds is 19. The molecule has 354 valence electrons. The van der Waals surface area contributed by atoms with Crippen LogP contribution >= 0.6 is 12.2 Å². The fraction of sp³-hybridized carbons (Fsp3) is 0.378. The molecule has 0 bridgehead atoms. The molecule has 3 aromatic rings. The van der Waals surface area contributed by atoms with E-state index in [1.807, 2.05) is 56.9 Å². The van der Waals surface area contributed by atoms with Crippen molar-refractivity contribution >= 4 is 81.9 Å². The Labute approximate surface area is 393 Å². The van der Waals surface area contributed by atoms with Gasteiger partial charge in [0.05, 0.1) is 32.7 Å². The Hall–Kier alpha value is -4.67. The number of allylic oxidation sites excluding steroid dienone is 7. The number of nitrogens with zero attached hydrogens (tertiary/aromatic N) is 3. The van der Waals surface area contributed by atoms with Gasteiger partial charge in [-0.3, -0.25) is 18.2 Å². The molecule has 1 aliphatic carbocycles. The lowest BCUT2D eigenvalue weighted by molar-refractivity contribution is -0.438. The Balaban J connectivity index is 1.47. The van der Waals surface area contributed by atoms with Crippen molar-refractivity contribution in [3.05, 3.63) is 119 Å². The fourth-order valence-electron chi connectivity index (χ4n) is 8.66. The highest BCUT2D eigenvalue weighted by Crippen LogP contribution is 2.49. The zero-order valence-corrected chi connectivity index (χ0v) is 40.8. The Kier molecular flexibility index (Phi) is 15.6. The predicted octanol–water partition coefficient (Wildman–Crippen LogP) is 8.58. The molecular formula is C45H52N3O13S5+. The molecule has 2 heterocycles. The monoisotopic (exact) mass is 1000 g/mol. The number of hydrogen-bond donors (Lipinski definition) is 4. The van der Waals surface area contributed by atoms with Crippen molar-refractivity contribution in [1.82, 2.24) is 0 Å². The summed E-state index contributed by atoms with van der Waals surface area (Å²) in [7, 11) is -12.9. The molecule has 3 aliphatic rings. The van der Waals surface area contributed by atoms with E-state index in [1.54, 1.807) is 48.5 Å². The van der Waals surface area contributed by atoms with Crippen LogP contribution in [0.25, 0.3) is 0 Å². The van der Waals surface area contributed by atoms with Crippen LogP contribution in [0.4, 0.5) is 17.1 Å². The number of unbranched alkanes of at least 4 members (excludes halogenated alkanes) is 2. The van der Waals surface area contributed by atoms with Crippen molar-refractivity contribution in [2.45, 2.75) is 88.4 Å². The third-order valence-corrected chi connectivity index (χ3v) is 14.7. The third-order valence-electron chi connectivity index (χ3n) is 11.9. The lowest BCUT2D eigenvalue weighted by atomic mass is 9.81. The van der Waals surface area contributed by atoms with E-state index in [9.17, 15) is 47.7 Å². The van der Waals surface area contributed by atoms with Gasteiger partial charge in [-0.2, -0.15) is 39.0 Å². The van der Waals surface area contributed by atoms with Gasteiger partial charge in [-0.1, -0.05) is 19.9 Å². The highest BCUT2D eigenvalue weighted by molar-refractivity contribution is 7.86. The molecule has 16 nitrogen and oxygen atoms in total. The normalized spacial score (nSPS) is 18.8. The molecule has 0 fully saturated rings. The maximum Gasteiger partial charge on any atom is 0.357 e. The quantitative estimate of drug-likeness (QED) is 0.0220. The van der Waals surface area contributed by atoms with Crippen molar-refractivity contribution in [3.63, 3.8) is 0 Å². The van der Waals surface area contributed by atoms with Crippen LogP contribution in [0.1, 0.15) is 83.8 Å². The standard InChI is InChI=1S/C45H51N3O13S5/c1-44(2)37-28-35(61-63(49)50)18-20-39(37)47(24-5-7-26-64(51,52)53)41(44)22-12-31-10-9-11-32(43(31)60-34-16-14-33(15-17-34)46-30-62)13-23-42-45(3,4)38-29-36(66(57,58)59)19-21-40(38)48(42)25-6-8-27-65(54,55)56/h12-23,28-29H,5-11,24-27H2,1-4H3,(H3-,49,50,51,52,53,54,55,56,57,58,59)/p+1. The summed E-state index contributed by atoms with van der Waals surface area (Å²) in [5, 5.41) is 2.36. The minimum atomic E-state index is -4.53. The molecule has 21 heteroatoms. The van der Waals surface area contributed by atoms with E-state index in [2.05, 4.69) is 14.7 Å². The lowest BCUT2D eigenvalue weighted by Gasteiger charge is -2.27. The lowest BCUT2D eigenvalue weighted by Crippen LogP contribution is -2.28. The summed E-state index contributed by atoms with van der Waals surface area (Å²) in [4.78, 5) is 5.78. The maximum atomic E-state index is 12.2. The predicted molar refractivity (Wildman–Crippen MR) is 257 cm³/mol. The van der Waals surface area contributed by atoms with Crippen molar-refractivity contribution in [2.75, 3.05) is 29.5 Å². The molecule has 3 aromatic carbocycles. The first kappa shape index (κ1) is 50.7. The number of thiocarbonyl (C=S) groups is 1. The van der Waals surface area contributed by atoms with Crippen LogP contribution < -0.4 is 13.8 Å². The zero-order valence-electron chi connectivity index (χ0n) is 36.7. The van der Waals surface area contributed by atoms with Gasteiger partial charge in [0.1, 0.15) is 23.8 Å². The first-order valence-electron chi connectivity index (χ1n) is 21.0. The maximum absolute atomic E-state index is 12.2. The Morgan fingerprint density at radius 2 is 1.48 bits per heavy atom. The first-order valence-corrected chi connectivity index (χ1v) is 27.1. The summed E-state index contributed by atoms with van der Waals surface area (Å²) in [5.74, 6) is 0.479. The molecule has 1 atom stereocenters. The second kappa shape index (κ2) is 20.3. The number of benzene rings is 3. The Morgan fingerprint density at radius 1 is 0.818 bits per heavy atom. The minimum absolute atomic E-state index is 0.176. The van der Waals surface area contributed by atoms with Crippen molar-refractivity contribution in [1.29, 1.82) is 0 Å². The van der Waals surface area contributed by atoms with Crippen LogP contribution in [0.15, 0.2) is 117 Å². The van der Waals surface area contributed by atoms with Gasteiger partial charge in [0.2, 0.25) is 5.69 Å². The van der Waals surface area contributed by atoms with Crippen LogP contribution in [0.3, 0.4) is 0 Å². The highest BCUT2D eigenvalue weighted by atomic mass is 32.2. The molecular weight excluding hydrogens is 951 g/mol. The van der Waals surface area contributed by atoms with Crippen LogP contribution in [0.2, 0.25) is 0 Å². The van der Waals surface area contributed by atoms with E-state index in [-0.39, 0.29) is 23.5 Å². The molecule has 4 N–H and O–H groups in total. The van der Waals surface area contributed by atoms with Crippen LogP contribution in [0.5, 0.6) is 11.5 Å². The summed E-state index contributed by atoms with van der Waals surface area (Å²) in [5.41, 5.74) is 5.36. The molecule has 2 aliphatic heterocycles. The molecule has 0 spiro atoms. The molecule has 0 aromatic heterocycles. The van der Waals surface area contributed by atoms with Crippen molar-refractivity contribution in [3.8, 4) is 11.5 Å². The summed E-state index contributed by atoms with van der Waals surface area (Å²) in [6, 6.07) is 16.5. The van der Waals surface area contributed by atoms with Crippen molar-refractivity contribution in [2.24, 2.45) is 4.99 Å². The number of fused-ring (bicyclic) bond motifs is 2. The number of isothiocyanates is 1. The fourth-order valence-corrected chi connectivity index (χ4v) is 10.7. The molecule has 1 unspecified atom stereocenters. The topological polar surface area (TPSA) is 237 Å². The average Bonchev–Trinajstić information content (AvgIpc) is 3.56. The van der Waals surface area contributed by atoms with E-state index in [0.717, 1.165) is 40.2 Å². The Bertz CT molecular complexity index is 2970. The number of hydrogen-bond acceptors (Lipinski definition) is 12. The Morgan fingerprint density at radius 3 is 2.12 bits per heavy atom. The van der Waals surface area contributed by atoms with Gasteiger partial charge in [-0.25, -0.2) is 0 Å². The van der Waals surface area contributed by atoms with E-state index in [0.29, 0.717) is 67.2 Å². The number of aliphatic imine (C=N–C) groups is 1. The number of ether oxygens (including phenoxy) is 1. The summed E-state index contributed by atoms with van der Waals surface area (Å²) < 4.78 is 134. The van der Waals surface area contributed by atoms with Gasteiger partial charge in [0, 0.05) is 47.5 Å². The molecule has 6 rings (SSSR count). The molecule has 0 saturated carbocycles. The summed E-state index contributed by atoms with van der Waals surface area (Å²) in [6.45, 7) is 8.61. The highest BCUT2D eigenvalue weighted by Gasteiger charge is 2.45. The SMILES string of the molecule is CC1(C)C(/C=C/C2=C(Oc3ccc(N=C=S)cc3)C(=C/C=C3/N(CCCCS(=O)(=O)O)c4ccc(S(=O)(=O)O)cc4C3(C)C)/CCC2)=[N+](CCCCS(=O)(=O)O)c2ccc(OS(=O)O)cc21. The molecule has 0 saturated heterocycles. The van der Waals surface area contributed by atoms with Crippen LogP contribution in [-0.4, -0.2) is 87.7 Å². The van der Waals surface area contributed by atoms with Gasteiger partial charge in [-0.05, 0) is 148 Å². The second-order valence-corrected chi connectivity index (χ2v) is 22.5. The minimum Gasteiger partial charge on any atom is -0.457 e. The smallest absolute Gasteiger partial charge is 0.357 e. The molecule has 66 heavy (non-hydrogen) atoms. The molecule has 0 amide bonds. The van der Waals surface area contributed by atoms with Crippen LogP contribution in [-0.2, 0) is 52.5 Å². The van der Waals surface area contributed by atoms with Gasteiger partial charge in [0.25, 0.3) is 30.4 Å². The van der Waals surface area contributed by atoms with E-state index < -0.39 is 64.1 Å². The second-order valence-electron chi connectivity index (χ2n) is 17.1. The molecule has 0 radical (unpaired) electrons. The van der Waals surface area contributed by atoms with E-state index >= 15 is 0 Å². The first-order chi connectivity index (χ1) is 30.9. The summed E-state index contributed by atoms with van der Waals surface area (Å²) in [6.07, 6.45) is 11.0. The van der Waals surface area contributed by atoms with Gasteiger partial charge < -0.3 is 13.8 Å². The number of anilines is 1. The van der Waals surface area contributed by atoms with Gasteiger partial charge in [-0.15, -0.1) is 0 Å². The largest absolute Gasteiger partial charge is 0.457 e. The average molecular weight is 1000 g/mol. The van der Waals surface area contributed by atoms with Gasteiger partial charge >= 0.3 is 11.4 Å². The summed E-state index contributed by atoms with van der Waals surface area (Å²) >= 11 is 2.23.